The molecule has 1 saturated heterocycles. The third kappa shape index (κ3) is 7.24. The van der Waals surface area contributed by atoms with Crippen molar-refractivity contribution in [2.45, 2.75) is 44.7 Å². The van der Waals surface area contributed by atoms with E-state index in [1.54, 1.807) is 13.2 Å². The maximum atomic E-state index is 13.4. The van der Waals surface area contributed by atoms with Crippen LogP contribution in [-0.2, 0) is 26.1 Å². The van der Waals surface area contributed by atoms with Crippen molar-refractivity contribution in [2.75, 3.05) is 55.9 Å². The van der Waals surface area contributed by atoms with Gasteiger partial charge in [-0.15, -0.1) is 0 Å². The quantitative estimate of drug-likeness (QED) is 0.424. The number of methoxy groups -OCH3 is 1. The van der Waals surface area contributed by atoms with Crippen LogP contribution in [0.5, 0.6) is 0 Å². The third-order valence-corrected chi connectivity index (χ3v) is 8.92. The molecule has 2 aromatic rings. The fourth-order valence-corrected chi connectivity index (χ4v) is 5.54. The zero-order valence-corrected chi connectivity index (χ0v) is 23.7. The van der Waals surface area contributed by atoms with Gasteiger partial charge in [0.1, 0.15) is 11.6 Å². The van der Waals surface area contributed by atoms with Crippen LogP contribution in [0.2, 0.25) is 0 Å². The lowest BCUT2D eigenvalue weighted by molar-refractivity contribution is -0.124. The maximum Gasteiger partial charge on any atom is 0.238 e. The van der Waals surface area contributed by atoms with Gasteiger partial charge in [-0.3, -0.25) is 9.10 Å². The topological polar surface area (TPSA) is 104 Å². The molecule has 0 bridgehead atoms. The number of benzene rings is 1. The highest BCUT2D eigenvalue weighted by Crippen LogP contribution is 2.39. The lowest BCUT2D eigenvalue weighted by atomic mass is 9.84. The molecular weight excluding hydrogens is 502 g/mol. The summed E-state index contributed by atoms with van der Waals surface area (Å²) in [5.74, 6) is 2.32. The van der Waals surface area contributed by atoms with E-state index in [0.717, 1.165) is 43.3 Å². The van der Waals surface area contributed by atoms with E-state index in [2.05, 4.69) is 34.6 Å². The van der Waals surface area contributed by atoms with Crippen molar-refractivity contribution in [1.29, 1.82) is 0 Å². The van der Waals surface area contributed by atoms with E-state index in [0.29, 0.717) is 36.6 Å². The summed E-state index contributed by atoms with van der Waals surface area (Å²) in [6.07, 6.45) is 4.31. The molecule has 1 amide bonds. The van der Waals surface area contributed by atoms with Gasteiger partial charge in [0.15, 0.2) is 0 Å². The Morgan fingerprint density at radius 2 is 1.92 bits per heavy atom. The molecule has 2 fully saturated rings. The first-order valence-electron chi connectivity index (χ1n) is 13.4. The van der Waals surface area contributed by atoms with Gasteiger partial charge < -0.3 is 20.3 Å². The monoisotopic (exact) mass is 543 g/mol. The van der Waals surface area contributed by atoms with E-state index < -0.39 is 10.0 Å². The van der Waals surface area contributed by atoms with E-state index in [-0.39, 0.29) is 24.4 Å². The van der Waals surface area contributed by atoms with Gasteiger partial charge >= 0.3 is 0 Å². The van der Waals surface area contributed by atoms with Crippen molar-refractivity contribution in [3.63, 3.8) is 0 Å². The number of rotatable bonds is 12. The molecule has 0 radical (unpaired) electrons. The molecule has 2 heterocycles. The number of carbonyl (C=O) groups excluding carboxylic acids is 1. The molecule has 1 aromatic carbocycles. The highest BCUT2D eigenvalue weighted by atomic mass is 32.2. The van der Waals surface area contributed by atoms with Crippen LogP contribution >= 0.6 is 0 Å². The van der Waals surface area contributed by atoms with Crippen molar-refractivity contribution < 1.29 is 17.9 Å². The van der Waals surface area contributed by atoms with E-state index in [1.165, 1.54) is 17.8 Å². The van der Waals surface area contributed by atoms with Gasteiger partial charge in [-0.1, -0.05) is 37.3 Å². The van der Waals surface area contributed by atoms with Crippen molar-refractivity contribution >= 4 is 27.6 Å². The van der Waals surface area contributed by atoms with Crippen molar-refractivity contribution in [2.24, 2.45) is 11.8 Å². The number of hydrogen-bond acceptors (Lipinski definition) is 7. The van der Waals surface area contributed by atoms with Crippen molar-refractivity contribution in [3.05, 3.63) is 53.6 Å². The summed E-state index contributed by atoms with van der Waals surface area (Å²) in [5, 5.41) is 6.51. The van der Waals surface area contributed by atoms with Crippen LogP contribution in [-0.4, -0.2) is 72.0 Å². The molecule has 10 heteroatoms. The number of hydrogen-bond donors (Lipinski definition) is 2. The summed E-state index contributed by atoms with van der Waals surface area (Å²) in [7, 11) is -0.336. The Balaban J connectivity index is 1.56. The highest BCUT2D eigenvalue weighted by Gasteiger charge is 2.35. The smallest absolute Gasteiger partial charge is 0.238 e. The number of piperidine rings is 1. The summed E-state index contributed by atoms with van der Waals surface area (Å²) in [4.78, 5) is 20.2. The molecule has 208 valence electrons. The number of nitrogens with one attached hydrogen (secondary N) is 2. The van der Waals surface area contributed by atoms with E-state index >= 15 is 0 Å². The van der Waals surface area contributed by atoms with Crippen LogP contribution in [0.25, 0.3) is 0 Å². The Labute approximate surface area is 227 Å². The van der Waals surface area contributed by atoms with Gasteiger partial charge in [-0.05, 0) is 60.9 Å². The first-order chi connectivity index (χ1) is 18.2. The maximum absolute atomic E-state index is 13.4. The molecule has 0 spiro atoms. The van der Waals surface area contributed by atoms with Gasteiger partial charge in [0.25, 0.3) is 0 Å². The predicted octanol–water partition coefficient (Wildman–Crippen LogP) is 2.74. The van der Waals surface area contributed by atoms with Gasteiger partial charge in [0, 0.05) is 39.7 Å². The molecule has 4 rings (SSSR count). The number of amides is 1. The second kappa shape index (κ2) is 12.4. The minimum Gasteiger partial charge on any atom is -0.383 e. The first-order valence-corrected chi connectivity index (χ1v) is 15.3. The van der Waals surface area contributed by atoms with Crippen molar-refractivity contribution in [3.8, 4) is 0 Å². The summed E-state index contributed by atoms with van der Waals surface area (Å²) < 4.78 is 31.2. The third-order valence-electron chi connectivity index (χ3n) is 7.73. The standard InChI is InChI=1S/C28H41N5O4S/c1-20-15-23(20)19-33(13-14-37-3)26-17-21(16-25(31-26)32(2)38(4,35)36)18-30-28(34)27-24(11-8-12-29-27)22-9-6-5-7-10-22/h5-7,9-10,16-17,20,23-24,27,29H,8,11-15,18-19H2,1-4H3,(H,30,34)/t20-,23+,24+,27+/m0/s1. The van der Waals surface area contributed by atoms with Crippen molar-refractivity contribution in [1.82, 2.24) is 15.6 Å². The summed E-state index contributed by atoms with van der Waals surface area (Å²) in [6, 6.07) is 13.5. The second-order valence-corrected chi connectivity index (χ2v) is 12.7. The zero-order chi connectivity index (χ0) is 27.3. The van der Waals surface area contributed by atoms with Crippen LogP contribution < -0.4 is 19.8 Å². The fourth-order valence-electron chi connectivity index (χ4n) is 5.11. The SMILES string of the molecule is COCCN(C[C@H]1C[C@@H]1C)c1cc(CNC(=O)[C@@H]2NCCC[C@@H]2c2ccccc2)cc(N(C)S(C)(=O)=O)n1. The molecular formula is C28H41N5O4S. The molecule has 1 aliphatic heterocycles. The minimum absolute atomic E-state index is 0.0574. The lowest BCUT2D eigenvalue weighted by Gasteiger charge is -2.32. The van der Waals surface area contributed by atoms with Crippen LogP contribution in [0, 0.1) is 11.8 Å². The molecule has 2 aliphatic rings. The predicted molar refractivity (Wildman–Crippen MR) is 151 cm³/mol. The first kappa shape index (κ1) is 28.3. The molecule has 2 N–H and O–H groups in total. The minimum atomic E-state index is -3.51. The Morgan fingerprint density at radius 3 is 2.58 bits per heavy atom. The number of ether oxygens (including phenoxy) is 1. The number of anilines is 2. The van der Waals surface area contributed by atoms with Crippen LogP contribution in [0.15, 0.2) is 42.5 Å². The second-order valence-electron chi connectivity index (χ2n) is 10.6. The van der Waals surface area contributed by atoms with E-state index in [9.17, 15) is 13.2 Å². The molecule has 4 atom stereocenters. The van der Waals surface area contributed by atoms with Gasteiger partial charge in [0.05, 0.1) is 18.9 Å². The number of nitrogens with zero attached hydrogens (tertiary/aromatic N) is 3. The largest absolute Gasteiger partial charge is 0.383 e. The van der Waals surface area contributed by atoms with E-state index in [1.807, 2.05) is 24.3 Å². The number of pyridine rings is 1. The summed E-state index contributed by atoms with van der Waals surface area (Å²) in [6.45, 7) is 5.34. The average molecular weight is 544 g/mol. The summed E-state index contributed by atoms with van der Waals surface area (Å²) in [5.41, 5.74) is 1.96. The zero-order valence-electron chi connectivity index (χ0n) is 22.9. The number of carbonyl (C=O) groups is 1. The lowest BCUT2D eigenvalue weighted by Crippen LogP contribution is -2.50. The number of aromatic nitrogens is 1. The average Bonchev–Trinajstić information content (AvgIpc) is 3.63. The molecule has 9 nitrogen and oxygen atoms in total. The fraction of sp³-hybridized carbons (Fsp3) is 0.571. The normalized spacial score (nSPS) is 23.1. The Kier molecular flexibility index (Phi) is 9.27. The summed E-state index contributed by atoms with van der Waals surface area (Å²) >= 11 is 0. The molecule has 0 unspecified atom stereocenters. The molecule has 38 heavy (non-hydrogen) atoms. The Bertz CT molecular complexity index is 1190. The number of sulfonamides is 1. The van der Waals surface area contributed by atoms with Gasteiger partial charge in [0.2, 0.25) is 15.9 Å². The van der Waals surface area contributed by atoms with E-state index in [4.69, 9.17) is 9.72 Å². The molecule has 1 saturated carbocycles. The van der Waals surface area contributed by atoms with Gasteiger partial charge in [-0.25, -0.2) is 13.4 Å². The Morgan fingerprint density at radius 1 is 1.21 bits per heavy atom. The van der Waals surface area contributed by atoms with Crippen LogP contribution in [0.3, 0.4) is 0 Å². The molecule has 1 aromatic heterocycles. The molecule has 1 aliphatic carbocycles. The Hall–Kier alpha value is -2.69. The van der Waals surface area contributed by atoms with Gasteiger partial charge in [-0.2, -0.15) is 0 Å². The van der Waals surface area contributed by atoms with Crippen LogP contribution in [0.1, 0.15) is 43.2 Å². The van der Waals surface area contributed by atoms with Crippen LogP contribution in [0.4, 0.5) is 11.6 Å². The highest BCUT2D eigenvalue weighted by molar-refractivity contribution is 7.92.